The molecule has 0 aromatic heterocycles. The Kier molecular flexibility index (Phi) is 7.34. The minimum Gasteiger partial charge on any atom is -0.492 e. The molecule has 0 bridgehead atoms. The Labute approximate surface area is 133 Å². The van der Waals surface area contributed by atoms with Crippen LogP contribution in [0.4, 0.5) is 0 Å². The molecular formula is C17H27ClN2O. The van der Waals surface area contributed by atoms with Crippen molar-refractivity contribution in [2.24, 2.45) is 0 Å². The van der Waals surface area contributed by atoms with Crippen molar-refractivity contribution in [1.82, 2.24) is 10.2 Å². The molecule has 21 heavy (non-hydrogen) atoms. The zero-order chi connectivity index (χ0) is 14.9. The van der Waals surface area contributed by atoms with Crippen LogP contribution in [-0.2, 0) is 6.54 Å². The summed E-state index contributed by atoms with van der Waals surface area (Å²) < 4.78 is 5.80. The van der Waals surface area contributed by atoms with Crippen molar-refractivity contribution in [2.45, 2.75) is 39.2 Å². The Morgan fingerprint density at radius 1 is 1.29 bits per heavy atom. The summed E-state index contributed by atoms with van der Waals surface area (Å²) in [5.41, 5.74) is 1.21. The molecule has 1 N–H and O–H groups in total. The largest absolute Gasteiger partial charge is 0.492 e. The minimum absolute atomic E-state index is 0.715. The van der Waals surface area contributed by atoms with E-state index in [9.17, 15) is 0 Å². The molecule has 0 spiro atoms. The van der Waals surface area contributed by atoms with Gasteiger partial charge in [-0.3, -0.25) is 0 Å². The first-order valence-electron chi connectivity index (χ1n) is 8.14. The molecule has 0 unspecified atom stereocenters. The van der Waals surface area contributed by atoms with E-state index in [-0.39, 0.29) is 0 Å². The number of nitrogens with zero attached hydrogens (tertiary/aromatic N) is 1. The third-order valence-electron chi connectivity index (χ3n) is 3.83. The summed E-state index contributed by atoms with van der Waals surface area (Å²) in [4.78, 5) is 2.51. The monoisotopic (exact) mass is 310 g/mol. The van der Waals surface area contributed by atoms with Crippen molar-refractivity contribution >= 4 is 11.6 Å². The smallest absolute Gasteiger partial charge is 0.137 e. The van der Waals surface area contributed by atoms with Gasteiger partial charge in [0.25, 0.3) is 0 Å². The predicted molar refractivity (Wildman–Crippen MR) is 89.2 cm³/mol. The highest BCUT2D eigenvalue weighted by molar-refractivity contribution is 6.32. The van der Waals surface area contributed by atoms with Gasteiger partial charge < -0.3 is 15.0 Å². The SMILES string of the molecule is CCCNCc1ccc(OCCCN2CCCC2)c(Cl)c1. The van der Waals surface area contributed by atoms with Crippen molar-refractivity contribution in [3.63, 3.8) is 0 Å². The number of likely N-dealkylation sites (tertiary alicyclic amines) is 1. The van der Waals surface area contributed by atoms with E-state index in [1.807, 2.05) is 12.1 Å². The molecule has 0 saturated carbocycles. The standard InChI is InChI=1S/C17H27ClN2O/c1-2-8-19-14-15-6-7-17(16(18)13-15)21-12-5-11-20-9-3-4-10-20/h6-7,13,19H,2-5,8-12,14H2,1H3. The highest BCUT2D eigenvalue weighted by atomic mass is 35.5. The summed E-state index contributed by atoms with van der Waals surface area (Å²) in [6.45, 7) is 8.44. The quantitative estimate of drug-likeness (QED) is 0.704. The molecule has 0 aliphatic carbocycles. The average Bonchev–Trinajstić information content (AvgIpc) is 2.99. The van der Waals surface area contributed by atoms with E-state index < -0.39 is 0 Å². The van der Waals surface area contributed by atoms with E-state index in [0.717, 1.165) is 44.8 Å². The number of halogens is 1. The maximum atomic E-state index is 6.29. The van der Waals surface area contributed by atoms with Gasteiger partial charge in [-0.1, -0.05) is 24.6 Å². The van der Waals surface area contributed by atoms with Crippen molar-refractivity contribution in [2.75, 3.05) is 32.8 Å². The molecule has 1 heterocycles. The fourth-order valence-electron chi connectivity index (χ4n) is 2.66. The van der Waals surface area contributed by atoms with Crippen molar-refractivity contribution in [3.05, 3.63) is 28.8 Å². The summed E-state index contributed by atoms with van der Waals surface area (Å²) in [5, 5.41) is 4.09. The number of ether oxygens (including phenoxy) is 1. The van der Waals surface area contributed by atoms with Crippen molar-refractivity contribution in [1.29, 1.82) is 0 Å². The Morgan fingerprint density at radius 2 is 2.10 bits per heavy atom. The topological polar surface area (TPSA) is 24.5 Å². The molecule has 1 aliphatic rings. The Bertz CT molecular complexity index is 419. The molecule has 0 radical (unpaired) electrons. The summed E-state index contributed by atoms with van der Waals surface area (Å²) in [6, 6.07) is 6.07. The molecule has 3 nitrogen and oxygen atoms in total. The molecule has 1 aromatic carbocycles. The Morgan fingerprint density at radius 3 is 2.81 bits per heavy atom. The van der Waals surface area contributed by atoms with Gasteiger partial charge >= 0.3 is 0 Å². The van der Waals surface area contributed by atoms with Crippen LogP contribution in [0.3, 0.4) is 0 Å². The molecule has 1 saturated heterocycles. The molecule has 2 rings (SSSR count). The van der Waals surface area contributed by atoms with Gasteiger partial charge in [-0.15, -0.1) is 0 Å². The first kappa shape index (κ1) is 16.6. The molecule has 118 valence electrons. The molecule has 1 aromatic rings. The third-order valence-corrected chi connectivity index (χ3v) is 4.12. The van der Waals surface area contributed by atoms with E-state index in [0.29, 0.717) is 5.02 Å². The molecule has 4 heteroatoms. The number of rotatable bonds is 9. The van der Waals surface area contributed by atoms with Crippen LogP contribution in [-0.4, -0.2) is 37.7 Å². The van der Waals surface area contributed by atoms with E-state index in [1.54, 1.807) is 0 Å². The van der Waals surface area contributed by atoms with Crippen LogP contribution in [0.1, 0.15) is 38.2 Å². The lowest BCUT2D eigenvalue weighted by molar-refractivity contribution is 0.263. The zero-order valence-electron chi connectivity index (χ0n) is 13.0. The molecule has 1 aliphatic heterocycles. The maximum Gasteiger partial charge on any atom is 0.137 e. The van der Waals surface area contributed by atoms with E-state index >= 15 is 0 Å². The van der Waals surface area contributed by atoms with Gasteiger partial charge in [0.2, 0.25) is 0 Å². The maximum absolute atomic E-state index is 6.29. The van der Waals surface area contributed by atoms with Crippen LogP contribution in [0, 0.1) is 0 Å². The lowest BCUT2D eigenvalue weighted by Crippen LogP contribution is -2.21. The average molecular weight is 311 g/mol. The number of hydrogen-bond acceptors (Lipinski definition) is 3. The predicted octanol–water partition coefficient (Wildman–Crippen LogP) is 3.70. The fraction of sp³-hybridized carbons (Fsp3) is 0.647. The summed E-state index contributed by atoms with van der Waals surface area (Å²) >= 11 is 6.29. The van der Waals surface area contributed by atoms with Gasteiger partial charge in [-0.2, -0.15) is 0 Å². The molecule has 1 fully saturated rings. The van der Waals surface area contributed by atoms with Crippen LogP contribution in [0.5, 0.6) is 5.75 Å². The molecule has 0 amide bonds. The van der Waals surface area contributed by atoms with Crippen LogP contribution < -0.4 is 10.1 Å². The van der Waals surface area contributed by atoms with Crippen LogP contribution >= 0.6 is 11.6 Å². The summed E-state index contributed by atoms with van der Waals surface area (Å²) in [5.74, 6) is 0.803. The van der Waals surface area contributed by atoms with Gasteiger partial charge in [0.1, 0.15) is 5.75 Å². The second-order valence-electron chi connectivity index (χ2n) is 5.69. The lowest BCUT2D eigenvalue weighted by atomic mass is 10.2. The minimum atomic E-state index is 0.715. The van der Waals surface area contributed by atoms with Gasteiger partial charge in [0.05, 0.1) is 11.6 Å². The first-order chi connectivity index (χ1) is 10.3. The Balaban J connectivity index is 1.69. The van der Waals surface area contributed by atoms with E-state index in [4.69, 9.17) is 16.3 Å². The fourth-order valence-corrected chi connectivity index (χ4v) is 2.92. The first-order valence-corrected chi connectivity index (χ1v) is 8.51. The number of hydrogen-bond donors (Lipinski definition) is 1. The van der Waals surface area contributed by atoms with E-state index in [1.165, 1.54) is 31.5 Å². The molecular weight excluding hydrogens is 284 g/mol. The normalized spacial score (nSPS) is 15.5. The highest BCUT2D eigenvalue weighted by Gasteiger charge is 2.10. The summed E-state index contributed by atoms with van der Waals surface area (Å²) in [7, 11) is 0. The van der Waals surface area contributed by atoms with Gasteiger partial charge in [0.15, 0.2) is 0 Å². The molecule has 0 atom stereocenters. The summed E-state index contributed by atoms with van der Waals surface area (Å²) in [6.07, 6.45) is 4.91. The number of nitrogens with one attached hydrogen (secondary N) is 1. The van der Waals surface area contributed by atoms with Gasteiger partial charge in [0, 0.05) is 13.1 Å². The van der Waals surface area contributed by atoms with Crippen molar-refractivity contribution in [3.8, 4) is 5.75 Å². The Hall–Kier alpha value is -0.770. The second-order valence-corrected chi connectivity index (χ2v) is 6.10. The zero-order valence-corrected chi connectivity index (χ0v) is 13.8. The van der Waals surface area contributed by atoms with Gasteiger partial charge in [-0.25, -0.2) is 0 Å². The van der Waals surface area contributed by atoms with Crippen molar-refractivity contribution < 1.29 is 4.74 Å². The number of benzene rings is 1. The highest BCUT2D eigenvalue weighted by Crippen LogP contribution is 2.25. The van der Waals surface area contributed by atoms with Gasteiger partial charge in [-0.05, 0) is 63.0 Å². The van der Waals surface area contributed by atoms with E-state index in [2.05, 4.69) is 23.2 Å². The van der Waals surface area contributed by atoms with Crippen LogP contribution in [0.2, 0.25) is 5.02 Å². The van der Waals surface area contributed by atoms with Crippen LogP contribution in [0.15, 0.2) is 18.2 Å². The second kappa shape index (κ2) is 9.29. The van der Waals surface area contributed by atoms with Crippen LogP contribution in [0.25, 0.3) is 0 Å². The third kappa shape index (κ3) is 5.85. The lowest BCUT2D eigenvalue weighted by Gasteiger charge is -2.15.